The standard InChI is InChI=1S/C18H17NO4S.Na/c1-3-8-13(2)18(24(20,21)22)19-14-9-4-6-11-16(14)23-17-12-7-5-10-15(17)19;/h3-12H,1-2H3,(H,20,21,22);/q;+1/p-1. The van der Waals surface area contributed by atoms with Crippen LogP contribution in [0.3, 0.4) is 0 Å². The molecule has 1 aliphatic heterocycles. The molecule has 2 aromatic carbocycles. The fourth-order valence-corrected chi connectivity index (χ4v) is 3.61. The third-order valence-electron chi connectivity index (χ3n) is 3.63. The average molecular weight is 365 g/mol. The van der Waals surface area contributed by atoms with Gasteiger partial charge >= 0.3 is 29.6 Å². The summed E-state index contributed by atoms with van der Waals surface area (Å²) in [5.74, 6) is 0.983. The summed E-state index contributed by atoms with van der Waals surface area (Å²) in [6.45, 7) is 3.37. The summed E-state index contributed by atoms with van der Waals surface area (Å²) in [6.07, 6.45) is 3.30. The summed E-state index contributed by atoms with van der Waals surface area (Å²) in [5, 5.41) is -0.302. The Bertz CT molecular complexity index is 906. The number of allylic oxidation sites excluding steroid dienone is 3. The predicted octanol–water partition coefficient (Wildman–Crippen LogP) is 1.29. The van der Waals surface area contributed by atoms with Gasteiger partial charge in [-0.15, -0.1) is 0 Å². The van der Waals surface area contributed by atoms with E-state index in [0.29, 0.717) is 28.4 Å². The van der Waals surface area contributed by atoms with Gasteiger partial charge in [0.2, 0.25) is 0 Å². The number of rotatable bonds is 3. The van der Waals surface area contributed by atoms with E-state index in [2.05, 4.69) is 0 Å². The molecule has 5 nitrogen and oxygen atoms in total. The van der Waals surface area contributed by atoms with Gasteiger partial charge in [-0.3, -0.25) is 4.90 Å². The summed E-state index contributed by atoms with van der Waals surface area (Å²) in [5.41, 5.74) is 1.38. The van der Waals surface area contributed by atoms with Crippen LogP contribution in [0.5, 0.6) is 11.5 Å². The minimum atomic E-state index is -4.72. The third-order valence-corrected chi connectivity index (χ3v) is 4.60. The number of nitrogens with zero attached hydrogens (tertiary/aromatic N) is 1. The van der Waals surface area contributed by atoms with E-state index in [1.165, 1.54) is 4.90 Å². The van der Waals surface area contributed by atoms with E-state index < -0.39 is 10.1 Å². The summed E-state index contributed by atoms with van der Waals surface area (Å²) >= 11 is 0. The van der Waals surface area contributed by atoms with E-state index >= 15 is 0 Å². The van der Waals surface area contributed by atoms with Gasteiger partial charge in [-0.1, -0.05) is 36.4 Å². The quantitative estimate of drug-likeness (QED) is 0.466. The zero-order chi connectivity index (χ0) is 17.3. The monoisotopic (exact) mass is 365 g/mol. The topological polar surface area (TPSA) is 69.7 Å². The molecule has 0 saturated carbocycles. The van der Waals surface area contributed by atoms with Crippen molar-refractivity contribution >= 4 is 21.5 Å². The van der Waals surface area contributed by atoms with Gasteiger partial charge in [0.25, 0.3) is 0 Å². The fourth-order valence-electron chi connectivity index (χ4n) is 2.73. The fraction of sp³-hybridized carbons (Fsp3) is 0.111. The molecule has 0 N–H and O–H groups in total. The second-order valence-electron chi connectivity index (χ2n) is 5.32. The van der Waals surface area contributed by atoms with Crippen LogP contribution in [0, 0.1) is 0 Å². The number of ether oxygens (including phenoxy) is 1. The van der Waals surface area contributed by atoms with Crippen molar-refractivity contribution in [3.8, 4) is 11.5 Å². The van der Waals surface area contributed by atoms with E-state index in [1.54, 1.807) is 74.5 Å². The maximum Gasteiger partial charge on any atom is 1.00 e. The van der Waals surface area contributed by atoms with E-state index in [9.17, 15) is 13.0 Å². The molecule has 25 heavy (non-hydrogen) atoms. The van der Waals surface area contributed by atoms with Crippen molar-refractivity contribution in [2.24, 2.45) is 0 Å². The molecule has 0 unspecified atom stereocenters. The minimum Gasteiger partial charge on any atom is -0.743 e. The number of fused-ring (bicyclic) bond motifs is 2. The van der Waals surface area contributed by atoms with E-state index in [1.807, 2.05) is 0 Å². The van der Waals surface area contributed by atoms with Crippen LogP contribution in [0.25, 0.3) is 0 Å². The Morgan fingerprint density at radius 3 is 1.96 bits per heavy atom. The summed E-state index contributed by atoms with van der Waals surface area (Å²) in [6, 6.07) is 14.0. The molecule has 0 aromatic heterocycles. The van der Waals surface area contributed by atoms with Crippen LogP contribution in [0.2, 0.25) is 0 Å². The summed E-state index contributed by atoms with van der Waals surface area (Å²) < 4.78 is 41.9. The largest absolute Gasteiger partial charge is 1.00 e. The molecular formula is C18H16NNaO4S. The van der Waals surface area contributed by atoms with Gasteiger partial charge in [0.05, 0.1) is 11.4 Å². The Morgan fingerprint density at radius 1 is 1.04 bits per heavy atom. The number of anilines is 2. The van der Waals surface area contributed by atoms with E-state index in [0.717, 1.165) is 0 Å². The molecule has 7 heteroatoms. The number of benzene rings is 2. The van der Waals surface area contributed by atoms with Crippen LogP contribution in [0.15, 0.2) is 71.3 Å². The second kappa shape index (κ2) is 7.76. The normalized spacial score (nSPS) is 14.1. The van der Waals surface area contributed by atoms with Gasteiger partial charge in [0.15, 0.2) is 11.5 Å². The molecule has 0 aliphatic carbocycles. The Balaban J connectivity index is 0.00000225. The van der Waals surface area contributed by atoms with E-state index in [-0.39, 0.29) is 34.6 Å². The molecule has 0 bridgehead atoms. The maximum atomic E-state index is 12.0. The first-order valence-electron chi connectivity index (χ1n) is 7.39. The zero-order valence-electron chi connectivity index (χ0n) is 14.3. The van der Waals surface area contributed by atoms with Crippen molar-refractivity contribution in [3.05, 3.63) is 71.3 Å². The second-order valence-corrected chi connectivity index (χ2v) is 6.61. The Labute approximate surface area is 169 Å². The van der Waals surface area contributed by atoms with Crippen molar-refractivity contribution in [2.75, 3.05) is 4.90 Å². The van der Waals surface area contributed by atoms with Gasteiger partial charge in [-0.25, -0.2) is 8.42 Å². The minimum absolute atomic E-state index is 0. The maximum absolute atomic E-state index is 12.0. The van der Waals surface area contributed by atoms with Crippen LogP contribution in [0.1, 0.15) is 13.8 Å². The smallest absolute Gasteiger partial charge is 0.743 e. The van der Waals surface area contributed by atoms with Crippen LogP contribution < -0.4 is 39.2 Å². The van der Waals surface area contributed by atoms with Crippen LogP contribution in [-0.4, -0.2) is 13.0 Å². The molecule has 0 radical (unpaired) electrons. The van der Waals surface area contributed by atoms with Crippen molar-refractivity contribution in [1.29, 1.82) is 0 Å². The molecule has 0 saturated heterocycles. The molecule has 0 fully saturated rings. The van der Waals surface area contributed by atoms with Gasteiger partial charge in [-0.05, 0) is 43.7 Å². The van der Waals surface area contributed by atoms with Crippen LogP contribution in [-0.2, 0) is 10.1 Å². The SMILES string of the molecule is CC=CC(C)=C(N1c2ccccc2Oc2ccccc21)S(=O)(=O)[O-].[Na+]. The molecule has 0 atom stereocenters. The predicted molar refractivity (Wildman–Crippen MR) is 92.3 cm³/mol. The summed E-state index contributed by atoms with van der Waals surface area (Å²) in [7, 11) is -4.72. The van der Waals surface area contributed by atoms with Crippen molar-refractivity contribution < 1.29 is 47.3 Å². The van der Waals surface area contributed by atoms with Crippen molar-refractivity contribution in [2.45, 2.75) is 13.8 Å². The molecule has 3 rings (SSSR count). The summed E-state index contributed by atoms with van der Waals surface area (Å²) in [4.78, 5) is 1.45. The van der Waals surface area contributed by atoms with Gasteiger partial charge in [0, 0.05) is 0 Å². The number of para-hydroxylation sites is 4. The molecular weight excluding hydrogens is 349 g/mol. The van der Waals surface area contributed by atoms with Gasteiger partial charge < -0.3 is 9.29 Å². The Hall–Kier alpha value is -1.57. The molecule has 1 heterocycles. The van der Waals surface area contributed by atoms with Crippen molar-refractivity contribution in [3.63, 3.8) is 0 Å². The van der Waals surface area contributed by atoms with Crippen LogP contribution >= 0.6 is 0 Å². The van der Waals surface area contributed by atoms with E-state index in [4.69, 9.17) is 4.74 Å². The first-order valence-corrected chi connectivity index (χ1v) is 8.80. The molecule has 0 amide bonds. The van der Waals surface area contributed by atoms with Gasteiger partial charge in [0.1, 0.15) is 15.1 Å². The molecule has 1 aliphatic rings. The Kier molecular flexibility index (Phi) is 6.13. The Morgan fingerprint density at radius 2 is 1.52 bits per heavy atom. The average Bonchev–Trinajstić information content (AvgIpc) is 2.53. The van der Waals surface area contributed by atoms with Crippen LogP contribution in [0.4, 0.5) is 11.4 Å². The van der Waals surface area contributed by atoms with Gasteiger partial charge in [-0.2, -0.15) is 0 Å². The number of hydrogen-bond acceptors (Lipinski definition) is 5. The molecule has 124 valence electrons. The molecule has 2 aromatic rings. The molecule has 0 spiro atoms. The van der Waals surface area contributed by atoms with Crippen molar-refractivity contribution in [1.82, 2.24) is 0 Å². The number of hydrogen-bond donors (Lipinski definition) is 0. The third kappa shape index (κ3) is 3.83. The first-order chi connectivity index (χ1) is 11.4. The zero-order valence-corrected chi connectivity index (χ0v) is 17.1. The first kappa shape index (κ1) is 19.8.